The number of sulfonamides is 1. The second kappa shape index (κ2) is 10.8. The largest absolute Gasteiger partial charge is 0.495 e. The molecule has 1 heterocycles. The zero-order chi connectivity index (χ0) is 22.4. The topological polar surface area (TPSA) is 75.7 Å². The van der Waals surface area contributed by atoms with Crippen molar-refractivity contribution < 1.29 is 17.9 Å². The summed E-state index contributed by atoms with van der Waals surface area (Å²) in [5, 5.41) is 3.25. The van der Waals surface area contributed by atoms with Crippen LogP contribution in [0.2, 0.25) is 0 Å². The minimum absolute atomic E-state index is 0.0991. The highest BCUT2D eigenvalue weighted by molar-refractivity contribution is 7.89. The first-order valence-corrected chi connectivity index (χ1v) is 13.3. The molecule has 174 valence electrons. The van der Waals surface area contributed by atoms with Crippen LogP contribution >= 0.6 is 0 Å². The second-order valence-electron chi connectivity index (χ2n) is 9.29. The predicted octanol–water partition coefficient (Wildman–Crippen LogP) is 4.45. The Hall–Kier alpha value is -1.60. The molecule has 0 aromatic heterocycles. The summed E-state index contributed by atoms with van der Waals surface area (Å²) in [5.74, 6) is 0.582. The van der Waals surface area contributed by atoms with Crippen molar-refractivity contribution in [3.63, 3.8) is 0 Å². The van der Waals surface area contributed by atoms with E-state index in [2.05, 4.69) is 5.32 Å². The Morgan fingerprint density at radius 1 is 1.03 bits per heavy atom. The third-order valence-corrected chi connectivity index (χ3v) is 8.67. The van der Waals surface area contributed by atoms with Gasteiger partial charge in [-0.1, -0.05) is 52.0 Å². The molecule has 31 heavy (non-hydrogen) atoms. The number of nitrogens with one attached hydrogen (secondary N) is 1. The summed E-state index contributed by atoms with van der Waals surface area (Å²) >= 11 is 0. The number of ether oxygens (including phenoxy) is 1. The lowest BCUT2D eigenvalue weighted by Gasteiger charge is -2.32. The molecule has 1 aliphatic heterocycles. The monoisotopic (exact) mass is 450 g/mol. The van der Waals surface area contributed by atoms with Crippen LogP contribution < -0.4 is 10.1 Å². The first-order chi connectivity index (χ1) is 14.8. The Morgan fingerprint density at radius 2 is 1.65 bits per heavy atom. The molecule has 6 nitrogen and oxygen atoms in total. The van der Waals surface area contributed by atoms with E-state index in [1.165, 1.54) is 43.5 Å². The standard InChI is InChI=1S/C24H38N2O4S/c1-18(2)20-11-12-22(30-3)23(17-20)31(28,29)26-15-13-19(14-16-26)24(27)25-21-9-7-5-4-6-8-10-21/h11-12,17-19,21H,4-10,13-16H2,1-3H3,(H,25,27). The Bertz CT molecular complexity index is 837. The van der Waals surface area contributed by atoms with Gasteiger partial charge in [0.1, 0.15) is 10.6 Å². The van der Waals surface area contributed by atoms with Crippen molar-refractivity contribution >= 4 is 15.9 Å². The summed E-state index contributed by atoms with van der Waals surface area (Å²) in [4.78, 5) is 13.0. The van der Waals surface area contributed by atoms with Crippen LogP contribution in [0.15, 0.2) is 23.1 Å². The smallest absolute Gasteiger partial charge is 0.246 e. The second-order valence-corrected chi connectivity index (χ2v) is 11.2. The molecule has 1 saturated carbocycles. The zero-order valence-electron chi connectivity index (χ0n) is 19.2. The molecular formula is C24H38N2O4S. The average Bonchev–Trinajstić information content (AvgIpc) is 2.75. The van der Waals surface area contributed by atoms with Crippen LogP contribution in [-0.4, -0.2) is 44.9 Å². The highest BCUT2D eigenvalue weighted by atomic mass is 32.2. The fourth-order valence-electron chi connectivity index (χ4n) is 4.67. The fourth-order valence-corrected chi connectivity index (χ4v) is 6.33. The zero-order valence-corrected chi connectivity index (χ0v) is 20.0. The van der Waals surface area contributed by atoms with Crippen molar-refractivity contribution in [2.75, 3.05) is 20.2 Å². The van der Waals surface area contributed by atoms with E-state index in [1.54, 1.807) is 12.1 Å². The first kappa shape index (κ1) is 24.1. The van der Waals surface area contributed by atoms with Crippen LogP contribution in [0.5, 0.6) is 5.75 Å². The molecular weight excluding hydrogens is 412 g/mol. The number of hydrogen-bond donors (Lipinski definition) is 1. The number of nitrogens with zero attached hydrogens (tertiary/aromatic N) is 1. The van der Waals surface area contributed by atoms with E-state index in [4.69, 9.17) is 4.74 Å². The van der Waals surface area contributed by atoms with Gasteiger partial charge in [0, 0.05) is 25.0 Å². The molecule has 0 bridgehead atoms. The van der Waals surface area contributed by atoms with Crippen LogP contribution in [-0.2, 0) is 14.8 Å². The van der Waals surface area contributed by atoms with Crippen LogP contribution in [0.1, 0.15) is 83.1 Å². The van der Waals surface area contributed by atoms with E-state index >= 15 is 0 Å². The minimum atomic E-state index is -3.67. The Balaban J connectivity index is 1.63. The molecule has 0 unspecified atom stereocenters. The maximum absolute atomic E-state index is 13.4. The van der Waals surface area contributed by atoms with Gasteiger partial charge in [0.25, 0.3) is 0 Å². The van der Waals surface area contributed by atoms with Gasteiger partial charge in [-0.05, 0) is 49.3 Å². The van der Waals surface area contributed by atoms with Gasteiger partial charge < -0.3 is 10.1 Å². The van der Waals surface area contributed by atoms with Crippen LogP contribution in [0.4, 0.5) is 0 Å². The molecule has 3 rings (SSSR count). The molecule has 1 N–H and O–H groups in total. The van der Waals surface area contributed by atoms with Gasteiger partial charge in [0.15, 0.2) is 0 Å². The molecule has 0 spiro atoms. The van der Waals surface area contributed by atoms with Crippen LogP contribution in [0.3, 0.4) is 0 Å². The lowest BCUT2D eigenvalue weighted by Crippen LogP contribution is -2.45. The Kier molecular flexibility index (Phi) is 8.39. The molecule has 0 atom stereocenters. The number of benzene rings is 1. The summed E-state index contributed by atoms with van der Waals surface area (Å²) in [6, 6.07) is 5.65. The van der Waals surface area contributed by atoms with Crippen molar-refractivity contribution in [2.45, 2.75) is 88.5 Å². The van der Waals surface area contributed by atoms with Gasteiger partial charge in [-0.25, -0.2) is 8.42 Å². The van der Waals surface area contributed by atoms with E-state index in [1.807, 2.05) is 19.9 Å². The normalized spacial score (nSPS) is 20.3. The third-order valence-electron chi connectivity index (χ3n) is 6.75. The highest BCUT2D eigenvalue weighted by Gasteiger charge is 2.34. The Morgan fingerprint density at radius 3 is 2.23 bits per heavy atom. The summed E-state index contributed by atoms with van der Waals surface area (Å²) in [6.07, 6.45) is 9.41. The molecule has 1 saturated heterocycles. The number of carbonyl (C=O) groups is 1. The predicted molar refractivity (Wildman–Crippen MR) is 123 cm³/mol. The van der Waals surface area contributed by atoms with Crippen LogP contribution in [0.25, 0.3) is 0 Å². The molecule has 1 aliphatic carbocycles. The molecule has 1 amide bonds. The molecule has 2 fully saturated rings. The van der Waals surface area contributed by atoms with Gasteiger partial charge in [-0.3, -0.25) is 4.79 Å². The number of rotatable bonds is 6. The quantitative estimate of drug-likeness (QED) is 0.695. The van der Waals surface area contributed by atoms with Crippen molar-refractivity contribution in [3.05, 3.63) is 23.8 Å². The van der Waals surface area contributed by atoms with E-state index in [0.717, 1.165) is 18.4 Å². The van der Waals surface area contributed by atoms with Gasteiger partial charge in [0.05, 0.1) is 7.11 Å². The number of methoxy groups -OCH3 is 1. The van der Waals surface area contributed by atoms with E-state index in [-0.39, 0.29) is 28.7 Å². The van der Waals surface area contributed by atoms with E-state index in [0.29, 0.717) is 31.7 Å². The first-order valence-electron chi connectivity index (χ1n) is 11.8. The van der Waals surface area contributed by atoms with Crippen molar-refractivity contribution in [1.82, 2.24) is 9.62 Å². The maximum atomic E-state index is 13.4. The molecule has 1 aromatic carbocycles. The molecule has 7 heteroatoms. The van der Waals surface area contributed by atoms with Crippen LogP contribution in [0, 0.1) is 5.92 Å². The number of piperidine rings is 1. The van der Waals surface area contributed by atoms with Gasteiger partial charge in [-0.15, -0.1) is 0 Å². The van der Waals surface area contributed by atoms with E-state index < -0.39 is 10.0 Å². The minimum Gasteiger partial charge on any atom is -0.495 e. The summed E-state index contributed by atoms with van der Waals surface area (Å²) in [7, 11) is -2.17. The van der Waals surface area contributed by atoms with Gasteiger partial charge in [0.2, 0.25) is 15.9 Å². The average molecular weight is 451 g/mol. The molecule has 2 aliphatic rings. The third kappa shape index (κ3) is 6.01. The maximum Gasteiger partial charge on any atom is 0.246 e. The summed E-state index contributed by atoms with van der Waals surface area (Å²) in [6.45, 7) is 4.80. The van der Waals surface area contributed by atoms with Crippen molar-refractivity contribution in [2.24, 2.45) is 5.92 Å². The number of hydrogen-bond acceptors (Lipinski definition) is 4. The SMILES string of the molecule is COc1ccc(C(C)C)cc1S(=O)(=O)N1CCC(C(=O)NC2CCCCCCC2)CC1. The summed E-state index contributed by atoms with van der Waals surface area (Å²) in [5.41, 5.74) is 0.966. The Labute approximate surface area is 187 Å². The van der Waals surface area contributed by atoms with Crippen molar-refractivity contribution in [3.8, 4) is 5.75 Å². The lowest BCUT2D eigenvalue weighted by molar-refractivity contribution is -0.127. The van der Waals surface area contributed by atoms with Gasteiger partial charge in [-0.2, -0.15) is 4.31 Å². The number of amides is 1. The number of carbonyl (C=O) groups excluding carboxylic acids is 1. The van der Waals surface area contributed by atoms with E-state index in [9.17, 15) is 13.2 Å². The lowest BCUT2D eigenvalue weighted by atomic mass is 9.94. The van der Waals surface area contributed by atoms with Crippen molar-refractivity contribution in [1.29, 1.82) is 0 Å². The summed E-state index contributed by atoms with van der Waals surface area (Å²) < 4.78 is 33.6. The molecule has 1 aromatic rings. The fraction of sp³-hybridized carbons (Fsp3) is 0.708. The highest BCUT2D eigenvalue weighted by Crippen LogP contribution is 2.32. The molecule has 0 radical (unpaired) electrons. The van der Waals surface area contributed by atoms with Gasteiger partial charge >= 0.3 is 0 Å².